The third-order valence-electron chi connectivity index (χ3n) is 5.68. The number of hydrogen-bond acceptors (Lipinski definition) is 8. The Morgan fingerprint density at radius 2 is 1.70 bits per heavy atom. The molecule has 2 saturated carbocycles. The van der Waals surface area contributed by atoms with E-state index in [4.69, 9.17) is 16.4 Å². The van der Waals surface area contributed by atoms with Crippen molar-refractivity contribution in [1.29, 1.82) is 0 Å². The average molecular weight is 456 g/mol. The van der Waals surface area contributed by atoms with Gasteiger partial charge in [-0.05, 0) is 49.7 Å². The van der Waals surface area contributed by atoms with Gasteiger partial charge in [0.1, 0.15) is 16.3 Å². The van der Waals surface area contributed by atoms with Gasteiger partial charge in [-0.1, -0.05) is 16.1 Å². The molecule has 2 aromatic carbocycles. The highest BCUT2D eigenvalue weighted by Gasteiger charge is 2.42. The van der Waals surface area contributed by atoms with Gasteiger partial charge in [0.25, 0.3) is 20.9 Å². The lowest BCUT2D eigenvalue weighted by molar-refractivity contribution is -0.0259. The molecule has 0 spiro atoms. The second-order valence-electron chi connectivity index (χ2n) is 7.75. The number of anilines is 3. The summed E-state index contributed by atoms with van der Waals surface area (Å²) < 4.78 is 25.8. The van der Waals surface area contributed by atoms with Gasteiger partial charge in [0.05, 0.1) is 17.8 Å². The highest BCUT2D eigenvalue weighted by atomic mass is 35.5. The lowest BCUT2D eigenvalue weighted by Gasteiger charge is -2.23. The number of aromatic hydroxyl groups is 1. The topological polar surface area (TPSA) is 125 Å². The lowest BCUT2D eigenvalue weighted by Crippen LogP contribution is -2.40. The van der Waals surface area contributed by atoms with E-state index in [2.05, 4.69) is 10.6 Å². The minimum Gasteiger partial charge on any atom is -0.504 e. The van der Waals surface area contributed by atoms with E-state index in [-0.39, 0.29) is 28.1 Å². The number of nitrogens with zero attached hydrogens (tertiary/aromatic N) is 1. The van der Waals surface area contributed by atoms with Crippen molar-refractivity contribution in [3.8, 4) is 5.75 Å². The Morgan fingerprint density at radius 1 is 1.13 bits per heavy atom. The Labute approximate surface area is 178 Å². The molecule has 11 heteroatoms. The second kappa shape index (κ2) is 7.52. The van der Waals surface area contributed by atoms with Crippen LogP contribution in [0.3, 0.4) is 0 Å². The first kappa shape index (κ1) is 21.1. The van der Waals surface area contributed by atoms with E-state index in [9.17, 15) is 23.1 Å². The Balaban J connectivity index is 1.66. The number of nitrogens with one attached hydrogen (secondary N) is 2. The van der Waals surface area contributed by atoms with Crippen molar-refractivity contribution < 1.29 is 18.4 Å². The molecule has 0 saturated heterocycles. The number of phenols is 1. The van der Waals surface area contributed by atoms with Crippen LogP contribution in [0.1, 0.15) is 25.7 Å². The van der Waals surface area contributed by atoms with Gasteiger partial charge in [0.15, 0.2) is 5.75 Å². The molecule has 2 fully saturated rings. The number of phenolic OH excluding ortho intramolecular Hbond substituents is 1. The molecule has 162 valence electrons. The predicted molar refractivity (Wildman–Crippen MR) is 113 cm³/mol. The summed E-state index contributed by atoms with van der Waals surface area (Å²) in [6.45, 7) is 0. The summed E-state index contributed by atoms with van der Waals surface area (Å²) >= 11 is 6.01. The van der Waals surface area contributed by atoms with Crippen molar-refractivity contribution in [3.05, 3.63) is 37.6 Å². The van der Waals surface area contributed by atoms with Gasteiger partial charge in [-0.3, -0.25) is 14.4 Å². The summed E-state index contributed by atoms with van der Waals surface area (Å²) in [5.41, 5.74) is -1.23. The standard InChI is InChI=1S/C19H22ClN3O6S/c1-23(29-2)30(27,28)19-11(20)7-8-12(16(19)24)21-14-15(18(26)17(14)25)22-13(9-3-4-9)10-5-6-10/h7-10,13,21-22,24H,3-6H2,1-2H3. The van der Waals surface area contributed by atoms with Gasteiger partial charge >= 0.3 is 0 Å². The molecule has 3 N–H and O–H groups in total. The van der Waals surface area contributed by atoms with E-state index in [0.717, 1.165) is 39.8 Å². The second-order valence-corrected chi connectivity index (χ2v) is 10.0. The zero-order valence-electron chi connectivity index (χ0n) is 16.4. The Hall–Kier alpha value is -2.14. The van der Waals surface area contributed by atoms with Gasteiger partial charge in [0, 0.05) is 13.1 Å². The van der Waals surface area contributed by atoms with Crippen LogP contribution in [-0.4, -0.2) is 38.2 Å². The van der Waals surface area contributed by atoms with Crippen LogP contribution in [-0.2, 0) is 14.9 Å². The average Bonchev–Trinajstić information content (AvgIpc) is 3.61. The van der Waals surface area contributed by atoms with E-state index in [1.807, 2.05) is 0 Å². The fourth-order valence-electron chi connectivity index (χ4n) is 3.60. The summed E-state index contributed by atoms with van der Waals surface area (Å²) in [6, 6.07) is 2.76. The molecule has 0 bridgehead atoms. The molecule has 0 radical (unpaired) electrons. The monoisotopic (exact) mass is 455 g/mol. The Kier molecular flexibility index (Phi) is 5.29. The van der Waals surface area contributed by atoms with Crippen LogP contribution < -0.4 is 21.5 Å². The molecule has 30 heavy (non-hydrogen) atoms. The van der Waals surface area contributed by atoms with Crippen LogP contribution in [0.25, 0.3) is 0 Å². The predicted octanol–water partition coefficient (Wildman–Crippen LogP) is 2.17. The van der Waals surface area contributed by atoms with Crippen molar-refractivity contribution in [3.63, 3.8) is 0 Å². The van der Waals surface area contributed by atoms with E-state index < -0.39 is 31.5 Å². The van der Waals surface area contributed by atoms with Gasteiger partial charge in [-0.2, -0.15) is 0 Å². The fraction of sp³-hybridized carbons (Fsp3) is 0.474. The number of rotatable bonds is 9. The van der Waals surface area contributed by atoms with Crippen molar-refractivity contribution in [2.45, 2.75) is 36.6 Å². The number of halogens is 1. The van der Waals surface area contributed by atoms with Gasteiger partial charge in [-0.25, -0.2) is 8.42 Å². The molecule has 9 nitrogen and oxygen atoms in total. The summed E-state index contributed by atoms with van der Waals surface area (Å²) in [6.07, 6.45) is 4.38. The van der Waals surface area contributed by atoms with Crippen LogP contribution >= 0.6 is 11.6 Å². The summed E-state index contributed by atoms with van der Waals surface area (Å²) in [5, 5.41) is 16.3. The molecule has 2 aromatic rings. The Bertz CT molecular complexity index is 1150. The van der Waals surface area contributed by atoms with E-state index in [0.29, 0.717) is 16.3 Å². The first-order valence-electron chi connectivity index (χ1n) is 9.58. The minimum absolute atomic E-state index is 0.00682. The highest BCUT2D eigenvalue weighted by molar-refractivity contribution is 7.89. The van der Waals surface area contributed by atoms with Crippen LogP contribution in [0.15, 0.2) is 26.6 Å². The van der Waals surface area contributed by atoms with Crippen LogP contribution in [0.5, 0.6) is 5.75 Å². The maximum Gasteiger partial charge on any atom is 0.269 e. The van der Waals surface area contributed by atoms with Crippen molar-refractivity contribution in [2.75, 3.05) is 24.8 Å². The normalized spacial score (nSPS) is 17.1. The fourth-order valence-corrected chi connectivity index (χ4v) is 5.17. The van der Waals surface area contributed by atoms with E-state index in [1.165, 1.54) is 12.1 Å². The molecular weight excluding hydrogens is 434 g/mol. The van der Waals surface area contributed by atoms with Crippen LogP contribution in [0.4, 0.5) is 17.1 Å². The SMILES string of the molecule is CON(C)S(=O)(=O)c1c(Cl)ccc(Nc2c(NC(C3CC3)C3CC3)c(=O)c2=O)c1O. The molecular formula is C19H22ClN3O6S. The van der Waals surface area contributed by atoms with E-state index in [1.54, 1.807) is 0 Å². The zero-order chi connectivity index (χ0) is 21.8. The van der Waals surface area contributed by atoms with Gasteiger partial charge in [0.2, 0.25) is 0 Å². The van der Waals surface area contributed by atoms with Crippen molar-refractivity contribution >= 4 is 38.7 Å². The molecule has 0 aromatic heterocycles. The smallest absolute Gasteiger partial charge is 0.269 e. The zero-order valence-corrected chi connectivity index (χ0v) is 18.0. The Morgan fingerprint density at radius 3 is 2.23 bits per heavy atom. The number of hydrogen-bond donors (Lipinski definition) is 3. The van der Waals surface area contributed by atoms with Crippen LogP contribution in [0, 0.1) is 11.8 Å². The molecule has 0 unspecified atom stereocenters. The summed E-state index contributed by atoms with van der Waals surface area (Å²) in [7, 11) is -1.95. The molecule has 0 aliphatic heterocycles. The van der Waals surface area contributed by atoms with Gasteiger partial charge < -0.3 is 15.7 Å². The first-order chi connectivity index (χ1) is 14.2. The molecule has 2 aliphatic carbocycles. The molecule has 0 amide bonds. The largest absolute Gasteiger partial charge is 0.504 e. The first-order valence-corrected chi connectivity index (χ1v) is 11.4. The molecule has 2 aliphatic rings. The minimum atomic E-state index is -4.25. The number of sulfonamides is 1. The quantitative estimate of drug-likeness (QED) is 0.298. The van der Waals surface area contributed by atoms with E-state index >= 15 is 0 Å². The number of hydroxylamine groups is 1. The molecule has 0 atom stereocenters. The maximum atomic E-state index is 12.6. The highest BCUT2D eigenvalue weighted by Crippen LogP contribution is 2.46. The number of benzene rings is 1. The van der Waals surface area contributed by atoms with Crippen molar-refractivity contribution in [2.24, 2.45) is 11.8 Å². The van der Waals surface area contributed by atoms with Crippen molar-refractivity contribution in [1.82, 2.24) is 4.47 Å². The summed E-state index contributed by atoms with van der Waals surface area (Å²) in [4.78, 5) is 28.5. The summed E-state index contributed by atoms with van der Waals surface area (Å²) in [5.74, 6) is 0.325. The van der Waals surface area contributed by atoms with Crippen LogP contribution in [0.2, 0.25) is 5.02 Å². The molecule has 4 rings (SSSR count). The maximum absolute atomic E-state index is 12.6. The third kappa shape index (κ3) is 3.58. The lowest BCUT2D eigenvalue weighted by atomic mass is 10.1. The molecule has 0 heterocycles. The third-order valence-corrected chi connectivity index (χ3v) is 7.86. The van der Waals surface area contributed by atoms with Gasteiger partial charge in [-0.15, -0.1) is 0 Å².